The Bertz CT molecular complexity index is 785. The third-order valence-electron chi connectivity index (χ3n) is 4.62. The monoisotopic (exact) mass is 276 g/mol. The fraction of sp³-hybridized carbons (Fsp3) is 0.263. The molecule has 1 unspecified atom stereocenters. The van der Waals surface area contributed by atoms with Crippen molar-refractivity contribution in [1.82, 2.24) is 4.98 Å². The van der Waals surface area contributed by atoms with Crippen molar-refractivity contribution >= 4 is 16.6 Å². The van der Waals surface area contributed by atoms with E-state index in [-0.39, 0.29) is 0 Å². The first-order valence-electron chi connectivity index (χ1n) is 7.71. The van der Waals surface area contributed by atoms with Crippen LogP contribution < -0.4 is 5.32 Å². The number of rotatable bonds is 3. The topological polar surface area (TPSA) is 27.8 Å². The van der Waals surface area contributed by atoms with Gasteiger partial charge in [-0.3, -0.25) is 0 Å². The summed E-state index contributed by atoms with van der Waals surface area (Å²) in [6, 6.07) is 15.3. The summed E-state index contributed by atoms with van der Waals surface area (Å²) in [7, 11) is 0. The summed E-state index contributed by atoms with van der Waals surface area (Å²) in [6.45, 7) is 3.25. The second kappa shape index (κ2) is 4.96. The molecule has 1 aliphatic heterocycles. The van der Waals surface area contributed by atoms with Gasteiger partial charge in [-0.25, -0.2) is 0 Å². The van der Waals surface area contributed by atoms with E-state index in [4.69, 9.17) is 0 Å². The summed E-state index contributed by atoms with van der Waals surface area (Å²) < 4.78 is 0. The van der Waals surface area contributed by atoms with Crippen LogP contribution >= 0.6 is 0 Å². The molecular formula is C19H20N2. The molecule has 0 amide bonds. The third kappa shape index (κ3) is 2.21. The average molecular weight is 276 g/mol. The van der Waals surface area contributed by atoms with Crippen LogP contribution in [0.5, 0.6) is 0 Å². The number of anilines is 1. The van der Waals surface area contributed by atoms with Gasteiger partial charge in [0, 0.05) is 35.2 Å². The minimum Gasteiger partial charge on any atom is -0.384 e. The van der Waals surface area contributed by atoms with Crippen LogP contribution in [0, 0.1) is 6.92 Å². The molecule has 2 aromatic carbocycles. The van der Waals surface area contributed by atoms with Crippen LogP contribution in [-0.4, -0.2) is 11.5 Å². The maximum atomic E-state index is 3.54. The molecule has 1 aromatic heterocycles. The van der Waals surface area contributed by atoms with Gasteiger partial charge < -0.3 is 10.3 Å². The predicted molar refractivity (Wildman–Crippen MR) is 89.0 cm³/mol. The molecule has 0 saturated carbocycles. The van der Waals surface area contributed by atoms with E-state index in [1.54, 1.807) is 0 Å². The van der Waals surface area contributed by atoms with E-state index in [0.717, 1.165) is 13.0 Å². The number of hydrogen-bond donors (Lipinski definition) is 2. The van der Waals surface area contributed by atoms with Crippen LogP contribution in [0.4, 0.5) is 5.69 Å². The fourth-order valence-electron chi connectivity index (χ4n) is 3.45. The molecular weight excluding hydrogens is 256 g/mol. The molecule has 0 spiro atoms. The Balaban J connectivity index is 1.55. The van der Waals surface area contributed by atoms with Crippen molar-refractivity contribution in [2.45, 2.75) is 25.7 Å². The van der Waals surface area contributed by atoms with Gasteiger partial charge in [-0.2, -0.15) is 0 Å². The van der Waals surface area contributed by atoms with E-state index in [1.165, 1.54) is 39.7 Å². The number of aryl methyl sites for hydroxylation is 2. The van der Waals surface area contributed by atoms with Crippen molar-refractivity contribution in [1.29, 1.82) is 0 Å². The maximum absolute atomic E-state index is 3.54. The zero-order valence-corrected chi connectivity index (χ0v) is 12.3. The van der Waals surface area contributed by atoms with Crippen LogP contribution in [-0.2, 0) is 6.42 Å². The van der Waals surface area contributed by atoms with E-state index >= 15 is 0 Å². The second-order valence-electron chi connectivity index (χ2n) is 6.07. The van der Waals surface area contributed by atoms with E-state index < -0.39 is 0 Å². The Kier molecular flexibility index (Phi) is 2.95. The molecule has 2 N–H and O–H groups in total. The minimum absolute atomic E-state index is 0.633. The summed E-state index contributed by atoms with van der Waals surface area (Å²) in [5, 5.41) is 4.91. The standard InChI is InChI=1S/C19H20N2/c1-13-6-9-19-17(10-13)15(12-21-19)8-7-14-11-20-18-5-3-2-4-16(14)18/h2-6,9-11,15,20-21H,7-8,12H2,1H3. The largest absolute Gasteiger partial charge is 0.384 e. The lowest BCUT2D eigenvalue weighted by molar-refractivity contribution is 0.677. The highest BCUT2D eigenvalue weighted by atomic mass is 14.9. The normalized spacial score (nSPS) is 16.9. The van der Waals surface area contributed by atoms with Crippen molar-refractivity contribution in [3.63, 3.8) is 0 Å². The van der Waals surface area contributed by atoms with Crippen molar-refractivity contribution < 1.29 is 0 Å². The highest BCUT2D eigenvalue weighted by molar-refractivity contribution is 5.83. The van der Waals surface area contributed by atoms with Crippen LogP contribution in [0.25, 0.3) is 10.9 Å². The Hall–Kier alpha value is -2.22. The van der Waals surface area contributed by atoms with Crippen molar-refractivity contribution in [2.75, 3.05) is 11.9 Å². The lowest BCUT2D eigenvalue weighted by atomic mass is 9.93. The number of hydrogen-bond acceptors (Lipinski definition) is 1. The third-order valence-corrected chi connectivity index (χ3v) is 4.62. The van der Waals surface area contributed by atoms with Crippen molar-refractivity contribution in [3.8, 4) is 0 Å². The second-order valence-corrected chi connectivity index (χ2v) is 6.07. The molecule has 0 saturated heterocycles. The van der Waals surface area contributed by atoms with Gasteiger partial charge in [0.15, 0.2) is 0 Å². The first kappa shape index (κ1) is 12.5. The minimum atomic E-state index is 0.633. The zero-order valence-electron chi connectivity index (χ0n) is 12.3. The molecule has 0 bridgehead atoms. The molecule has 21 heavy (non-hydrogen) atoms. The number of aromatic amines is 1. The quantitative estimate of drug-likeness (QED) is 0.718. The molecule has 1 atom stereocenters. The Morgan fingerprint density at radius 2 is 2.05 bits per heavy atom. The van der Waals surface area contributed by atoms with Gasteiger partial charge in [0.25, 0.3) is 0 Å². The number of fused-ring (bicyclic) bond motifs is 2. The van der Waals surface area contributed by atoms with Gasteiger partial charge >= 0.3 is 0 Å². The van der Waals surface area contributed by atoms with Gasteiger partial charge in [0.2, 0.25) is 0 Å². The predicted octanol–water partition coefficient (Wildman–Crippen LogP) is 4.62. The summed E-state index contributed by atoms with van der Waals surface area (Å²) in [4.78, 5) is 3.38. The molecule has 0 aliphatic carbocycles. The van der Waals surface area contributed by atoms with Crippen LogP contribution in [0.1, 0.15) is 29.0 Å². The molecule has 106 valence electrons. The first-order chi connectivity index (χ1) is 10.3. The maximum Gasteiger partial charge on any atom is 0.0456 e. The highest BCUT2D eigenvalue weighted by Gasteiger charge is 2.22. The smallest absolute Gasteiger partial charge is 0.0456 e. The van der Waals surface area contributed by atoms with Crippen LogP contribution in [0.2, 0.25) is 0 Å². The molecule has 2 heteroatoms. The Morgan fingerprint density at radius 3 is 3.00 bits per heavy atom. The molecule has 0 radical (unpaired) electrons. The van der Waals surface area contributed by atoms with Gasteiger partial charge in [-0.1, -0.05) is 35.9 Å². The van der Waals surface area contributed by atoms with Crippen molar-refractivity contribution in [2.24, 2.45) is 0 Å². The average Bonchev–Trinajstić information content (AvgIpc) is 3.09. The van der Waals surface area contributed by atoms with Gasteiger partial charge in [0.1, 0.15) is 0 Å². The summed E-state index contributed by atoms with van der Waals surface area (Å²) in [5.74, 6) is 0.633. The number of para-hydroxylation sites is 1. The fourth-order valence-corrected chi connectivity index (χ4v) is 3.45. The number of benzene rings is 2. The molecule has 2 nitrogen and oxygen atoms in total. The molecule has 1 aliphatic rings. The molecule has 3 aromatic rings. The molecule has 2 heterocycles. The summed E-state index contributed by atoms with van der Waals surface area (Å²) in [6.07, 6.45) is 4.50. The van der Waals surface area contributed by atoms with E-state index in [0.29, 0.717) is 5.92 Å². The first-order valence-corrected chi connectivity index (χ1v) is 7.71. The van der Waals surface area contributed by atoms with E-state index in [9.17, 15) is 0 Å². The van der Waals surface area contributed by atoms with Gasteiger partial charge in [-0.05, 0) is 43.0 Å². The van der Waals surface area contributed by atoms with Gasteiger partial charge in [-0.15, -0.1) is 0 Å². The Labute approximate surface area is 125 Å². The van der Waals surface area contributed by atoms with Crippen LogP contribution in [0.15, 0.2) is 48.7 Å². The number of aromatic nitrogens is 1. The summed E-state index contributed by atoms with van der Waals surface area (Å²) in [5.41, 5.74) is 6.86. The van der Waals surface area contributed by atoms with E-state index in [1.807, 2.05) is 0 Å². The lowest BCUT2D eigenvalue weighted by Gasteiger charge is -2.10. The number of nitrogens with one attached hydrogen (secondary N) is 2. The van der Waals surface area contributed by atoms with Gasteiger partial charge in [0.05, 0.1) is 0 Å². The van der Waals surface area contributed by atoms with Crippen molar-refractivity contribution in [3.05, 3.63) is 65.4 Å². The lowest BCUT2D eigenvalue weighted by Crippen LogP contribution is -2.03. The Morgan fingerprint density at radius 1 is 1.14 bits per heavy atom. The van der Waals surface area contributed by atoms with E-state index in [2.05, 4.69) is 65.9 Å². The van der Waals surface area contributed by atoms with Crippen LogP contribution in [0.3, 0.4) is 0 Å². The molecule has 0 fully saturated rings. The molecule has 4 rings (SSSR count). The zero-order chi connectivity index (χ0) is 14.2. The summed E-state index contributed by atoms with van der Waals surface area (Å²) >= 11 is 0. The highest BCUT2D eigenvalue weighted by Crippen LogP contribution is 2.35. The SMILES string of the molecule is Cc1ccc2c(c1)C(CCc1c[nH]c3ccccc13)CN2. The number of H-pyrrole nitrogens is 1.